The Morgan fingerprint density at radius 2 is 2.00 bits per heavy atom. The first kappa shape index (κ1) is 8.01. The molecule has 0 aliphatic heterocycles. The number of rotatable bonds is 0. The van der Waals surface area contributed by atoms with Crippen molar-refractivity contribution in [1.82, 2.24) is 0 Å². The van der Waals surface area contributed by atoms with Crippen molar-refractivity contribution < 1.29 is 0 Å². The maximum absolute atomic E-state index is 3.28. The van der Waals surface area contributed by atoms with Gasteiger partial charge < -0.3 is 0 Å². The van der Waals surface area contributed by atoms with Crippen LogP contribution in [-0.2, 0) is 0 Å². The summed E-state index contributed by atoms with van der Waals surface area (Å²) in [5.74, 6) is 0.962. The summed E-state index contributed by atoms with van der Waals surface area (Å²) < 4.78 is 1.64. The number of hydrogen-bond acceptors (Lipinski definition) is 0. The summed E-state index contributed by atoms with van der Waals surface area (Å²) in [5.41, 5.74) is 1.09. The van der Waals surface area contributed by atoms with E-state index < -0.39 is 0 Å². The van der Waals surface area contributed by atoms with Crippen LogP contribution in [0.5, 0.6) is 0 Å². The van der Waals surface area contributed by atoms with E-state index in [1.54, 1.807) is 4.42 Å². The van der Waals surface area contributed by atoms with Gasteiger partial charge in [0.15, 0.2) is 0 Å². The standard InChI is InChI=1S/C10H16Se/c1-9(2)7-4-5-10(9,3)8(11)6-7/h7H,4-6H2,1-3H3. The van der Waals surface area contributed by atoms with Crippen molar-refractivity contribution in [3.05, 3.63) is 0 Å². The predicted octanol–water partition coefficient (Wildman–Crippen LogP) is 2.17. The first-order valence-electron chi connectivity index (χ1n) is 4.52. The van der Waals surface area contributed by atoms with Crippen LogP contribution in [0, 0.1) is 16.7 Å². The number of fused-ring (bicyclic) bond motifs is 2. The Bertz CT molecular complexity index is 217. The quantitative estimate of drug-likeness (QED) is 0.543. The summed E-state index contributed by atoms with van der Waals surface area (Å²) in [6, 6.07) is 0. The fourth-order valence-electron chi connectivity index (χ4n) is 2.90. The minimum atomic E-state index is 0.525. The summed E-state index contributed by atoms with van der Waals surface area (Å²) in [5, 5.41) is 0. The molecule has 2 aliphatic rings. The van der Waals surface area contributed by atoms with E-state index in [1.165, 1.54) is 19.3 Å². The molecule has 2 fully saturated rings. The van der Waals surface area contributed by atoms with Crippen LogP contribution in [-0.4, -0.2) is 20.0 Å². The Morgan fingerprint density at radius 3 is 2.18 bits per heavy atom. The Morgan fingerprint density at radius 1 is 1.36 bits per heavy atom. The van der Waals surface area contributed by atoms with Crippen LogP contribution in [0.25, 0.3) is 0 Å². The second-order valence-electron chi connectivity index (χ2n) is 4.92. The molecule has 62 valence electrons. The zero-order valence-electron chi connectivity index (χ0n) is 7.61. The third kappa shape index (κ3) is 0.742. The van der Waals surface area contributed by atoms with E-state index >= 15 is 0 Å². The Balaban J connectivity index is 2.47. The molecule has 0 aromatic carbocycles. The van der Waals surface area contributed by atoms with Crippen molar-refractivity contribution in [2.45, 2.75) is 40.0 Å². The van der Waals surface area contributed by atoms with Crippen LogP contribution in [0.4, 0.5) is 0 Å². The van der Waals surface area contributed by atoms with Crippen molar-refractivity contribution >= 4 is 20.0 Å². The molecule has 0 nitrogen and oxygen atoms in total. The molecule has 0 heterocycles. The predicted molar refractivity (Wildman–Crippen MR) is 50.0 cm³/mol. The first-order chi connectivity index (χ1) is 4.98. The molecule has 2 aliphatic carbocycles. The zero-order valence-corrected chi connectivity index (χ0v) is 9.32. The van der Waals surface area contributed by atoms with Crippen LogP contribution < -0.4 is 0 Å². The normalized spacial score (nSPS) is 46.8. The zero-order chi connectivity index (χ0) is 8.28. The van der Waals surface area contributed by atoms with E-state index in [2.05, 4.69) is 36.3 Å². The summed E-state index contributed by atoms with van der Waals surface area (Å²) in [4.78, 5) is 0. The molecule has 1 heteroatoms. The van der Waals surface area contributed by atoms with Crippen LogP contribution in [0.3, 0.4) is 0 Å². The summed E-state index contributed by atoms with van der Waals surface area (Å²) in [6.45, 7) is 7.32. The fourth-order valence-corrected chi connectivity index (χ4v) is 4.09. The molecule has 0 spiro atoms. The van der Waals surface area contributed by atoms with E-state index in [4.69, 9.17) is 0 Å². The summed E-state index contributed by atoms with van der Waals surface area (Å²) >= 11 is 3.28. The van der Waals surface area contributed by atoms with Gasteiger partial charge in [-0.15, -0.1) is 0 Å². The molecule has 2 bridgehead atoms. The Labute approximate surface area is 77.1 Å². The second kappa shape index (κ2) is 2.00. The van der Waals surface area contributed by atoms with Gasteiger partial charge in [-0.2, -0.15) is 0 Å². The third-order valence-corrected chi connectivity index (χ3v) is 5.78. The average Bonchev–Trinajstić information content (AvgIpc) is 2.20. The minimum absolute atomic E-state index is 0.525. The monoisotopic (exact) mass is 216 g/mol. The Hall–Kier alpha value is 0.389. The van der Waals surface area contributed by atoms with Gasteiger partial charge in [-0.25, -0.2) is 0 Å². The number of hydrogen-bond donors (Lipinski definition) is 0. The molecule has 2 atom stereocenters. The third-order valence-electron chi connectivity index (χ3n) is 4.48. The molecule has 11 heavy (non-hydrogen) atoms. The van der Waals surface area contributed by atoms with Gasteiger partial charge in [-0.1, -0.05) is 0 Å². The van der Waals surface area contributed by atoms with Gasteiger partial charge in [0.2, 0.25) is 0 Å². The van der Waals surface area contributed by atoms with Crippen LogP contribution in [0.2, 0.25) is 0 Å². The van der Waals surface area contributed by atoms with Crippen molar-refractivity contribution in [1.29, 1.82) is 0 Å². The molecule has 0 amide bonds. The molecular formula is C10H16Se. The van der Waals surface area contributed by atoms with E-state index in [-0.39, 0.29) is 0 Å². The van der Waals surface area contributed by atoms with Crippen molar-refractivity contribution in [3.63, 3.8) is 0 Å². The molecule has 2 unspecified atom stereocenters. The summed E-state index contributed by atoms with van der Waals surface area (Å²) in [7, 11) is 0. The van der Waals surface area contributed by atoms with Gasteiger partial charge in [-0.05, 0) is 0 Å². The molecule has 0 aromatic rings. The van der Waals surface area contributed by atoms with Crippen LogP contribution in [0.1, 0.15) is 40.0 Å². The van der Waals surface area contributed by atoms with E-state index in [1.807, 2.05) is 0 Å². The topological polar surface area (TPSA) is 0 Å². The van der Waals surface area contributed by atoms with Crippen LogP contribution >= 0.6 is 0 Å². The average molecular weight is 215 g/mol. The van der Waals surface area contributed by atoms with Crippen molar-refractivity contribution in [2.75, 3.05) is 0 Å². The van der Waals surface area contributed by atoms with Crippen LogP contribution in [0.15, 0.2) is 0 Å². The van der Waals surface area contributed by atoms with Gasteiger partial charge in [-0.3, -0.25) is 0 Å². The van der Waals surface area contributed by atoms with Crippen molar-refractivity contribution in [2.24, 2.45) is 16.7 Å². The maximum atomic E-state index is 3.28. The van der Waals surface area contributed by atoms with Gasteiger partial charge in [0.25, 0.3) is 0 Å². The van der Waals surface area contributed by atoms with Gasteiger partial charge in [0, 0.05) is 0 Å². The van der Waals surface area contributed by atoms with E-state index in [0.29, 0.717) is 10.8 Å². The molecular weight excluding hydrogens is 199 g/mol. The van der Waals surface area contributed by atoms with E-state index in [0.717, 1.165) is 5.92 Å². The molecule has 2 saturated carbocycles. The molecule has 0 radical (unpaired) electrons. The van der Waals surface area contributed by atoms with Crippen molar-refractivity contribution in [3.8, 4) is 0 Å². The molecule has 0 saturated heterocycles. The SMILES string of the molecule is CC12CCC(CC1=[Se])C2(C)C. The van der Waals surface area contributed by atoms with Gasteiger partial charge in [0.1, 0.15) is 0 Å². The molecule has 0 aromatic heterocycles. The van der Waals surface area contributed by atoms with E-state index in [9.17, 15) is 0 Å². The first-order valence-corrected chi connectivity index (χ1v) is 5.37. The van der Waals surface area contributed by atoms with Gasteiger partial charge >= 0.3 is 76.8 Å². The fraction of sp³-hybridized carbons (Fsp3) is 0.900. The molecule has 0 N–H and O–H groups in total. The Kier molecular flexibility index (Phi) is 1.46. The molecule has 2 rings (SSSR count). The van der Waals surface area contributed by atoms with Gasteiger partial charge in [0.05, 0.1) is 0 Å². The second-order valence-corrected chi connectivity index (χ2v) is 5.95. The summed E-state index contributed by atoms with van der Waals surface area (Å²) in [6.07, 6.45) is 4.21.